The number of nitrogens with zero attached hydrogens (tertiary/aromatic N) is 1. The number of carbonyl (C=O) groups is 3. The Balaban J connectivity index is 1.57. The Bertz CT molecular complexity index is 903. The van der Waals surface area contributed by atoms with Crippen molar-refractivity contribution in [2.24, 2.45) is 0 Å². The van der Waals surface area contributed by atoms with Crippen molar-refractivity contribution >= 4 is 23.5 Å². The molecule has 2 aromatic carbocycles. The van der Waals surface area contributed by atoms with E-state index in [0.29, 0.717) is 24.3 Å². The van der Waals surface area contributed by atoms with Crippen molar-refractivity contribution in [1.29, 1.82) is 0 Å². The lowest BCUT2D eigenvalue weighted by Crippen LogP contribution is -2.50. The number of ether oxygens (including phenoxy) is 1. The lowest BCUT2D eigenvalue weighted by Gasteiger charge is -2.21. The van der Waals surface area contributed by atoms with Crippen molar-refractivity contribution in [3.05, 3.63) is 60.2 Å². The number of methoxy groups -OCH3 is 1. The molecule has 1 aliphatic heterocycles. The number of nitrogens with one attached hydrogen (secondary N) is 3. The largest absolute Gasteiger partial charge is 0.495 e. The maximum absolute atomic E-state index is 12.8. The lowest BCUT2D eigenvalue weighted by atomic mass is 9.93. The molecule has 0 saturated carbocycles. The van der Waals surface area contributed by atoms with Gasteiger partial charge in [-0.05, 0) is 37.5 Å². The molecule has 0 aromatic heterocycles. The third-order valence-corrected chi connectivity index (χ3v) is 4.80. The molecule has 0 unspecified atom stereocenters. The average Bonchev–Trinajstić information content (AvgIpc) is 2.95. The van der Waals surface area contributed by atoms with Gasteiger partial charge in [0.05, 0.1) is 19.3 Å². The van der Waals surface area contributed by atoms with E-state index in [2.05, 4.69) is 16.1 Å². The molecular formula is C21H24N4O4. The van der Waals surface area contributed by atoms with Gasteiger partial charge in [-0.25, -0.2) is 4.79 Å². The van der Waals surface area contributed by atoms with E-state index in [1.54, 1.807) is 25.1 Å². The molecule has 0 radical (unpaired) electrons. The zero-order valence-corrected chi connectivity index (χ0v) is 16.4. The zero-order chi connectivity index (χ0) is 20.9. The van der Waals surface area contributed by atoms with Gasteiger partial charge in [0, 0.05) is 0 Å². The number of anilines is 1. The summed E-state index contributed by atoms with van der Waals surface area (Å²) in [6.45, 7) is 1.54. The fraction of sp³-hybridized carbons (Fsp3) is 0.286. The summed E-state index contributed by atoms with van der Waals surface area (Å²) in [5, 5.41) is 6.36. The normalized spacial score (nSPS) is 18.3. The molecule has 1 fully saturated rings. The average molecular weight is 396 g/mol. The van der Waals surface area contributed by atoms with E-state index < -0.39 is 23.4 Å². The number of hydrogen-bond acceptors (Lipinski definition) is 5. The number of amides is 4. The Hall–Kier alpha value is -3.55. The number of rotatable bonds is 8. The predicted octanol–water partition coefficient (Wildman–Crippen LogP) is 2.08. The molecule has 1 saturated heterocycles. The quantitative estimate of drug-likeness (QED) is 0.594. The Morgan fingerprint density at radius 2 is 1.79 bits per heavy atom. The summed E-state index contributed by atoms with van der Waals surface area (Å²) in [6.07, 6.45) is 1.05. The van der Waals surface area contributed by atoms with Crippen molar-refractivity contribution in [3.63, 3.8) is 0 Å². The Labute approximate surface area is 169 Å². The molecule has 8 heteroatoms. The number of urea groups is 1. The summed E-state index contributed by atoms with van der Waals surface area (Å²) < 4.78 is 5.21. The van der Waals surface area contributed by atoms with Crippen molar-refractivity contribution in [2.45, 2.75) is 25.3 Å². The monoisotopic (exact) mass is 396 g/mol. The minimum atomic E-state index is -1.07. The maximum Gasteiger partial charge on any atom is 0.344 e. The van der Waals surface area contributed by atoms with Gasteiger partial charge in [-0.15, -0.1) is 0 Å². The van der Waals surface area contributed by atoms with Crippen LogP contribution in [-0.2, 0) is 16.0 Å². The van der Waals surface area contributed by atoms with E-state index in [1.807, 2.05) is 36.4 Å². The van der Waals surface area contributed by atoms with Gasteiger partial charge < -0.3 is 15.4 Å². The van der Waals surface area contributed by atoms with E-state index in [0.717, 1.165) is 10.6 Å². The molecule has 0 spiro atoms. The highest BCUT2D eigenvalue weighted by molar-refractivity contribution is 6.07. The molecule has 2 aromatic rings. The standard InChI is InChI=1S/C21H24N4O4/c1-21(13-12-15-8-4-3-5-9-15)19(27)25(20(28)23-21)24-18(26)14-22-16-10-6-7-11-17(16)29-2/h3-11,22H,12-14H2,1-2H3,(H,23,28)(H,24,26)/t21-/m0/s1. The van der Waals surface area contributed by atoms with Crippen LogP contribution in [0.5, 0.6) is 5.75 Å². The molecule has 1 atom stereocenters. The minimum Gasteiger partial charge on any atom is -0.495 e. The second-order valence-corrected chi connectivity index (χ2v) is 6.98. The van der Waals surface area contributed by atoms with Gasteiger partial charge >= 0.3 is 6.03 Å². The topological polar surface area (TPSA) is 99.8 Å². The van der Waals surface area contributed by atoms with Crippen molar-refractivity contribution in [1.82, 2.24) is 15.8 Å². The number of para-hydroxylation sites is 2. The number of benzene rings is 2. The van der Waals surface area contributed by atoms with Gasteiger partial charge in [-0.1, -0.05) is 42.5 Å². The van der Waals surface area contributed by atoms with Gasteiger partial charge in [0.15, 0.2) is 0 Å². The Morgan fingerprint density at radius 1 is 1.10 bits per heavy atom. The summed E-state index contributed by atoms with van der Waals surface area (Å²) in [5.74, 6) is -0.417. The number of aryl methyl sites for hydroxylation is 1. The van der Waals surface area contributed by atoms with E-state index >= 15 is 0 Å². The first-order valence-corrected chi connectivity index (χ1v) is 9.30. The summed E-state index contributed by atoms with van der Waals surface area (Å²) in [7, 11) is 1.53. The molecule has 152 valence electrons. The lowest BCUT2D eigenvalue weighted by molar-refractivity contribution is -0.138. The van der Waals surface area contributed by atoms with E-state index in [9.17, 15) is 14.4 Å². The first kappa shape index (κ1) is 20.2. The van der Waals surface area contributed by atoms with Crippen LogP contribution >= 0.6 is 0 Å². The molecule has 0 bridgehead atoms. The molecule has 3 rings (SSSR count). The van der Waals surface area contributed by atoms with Crippen molar-refractivity contribution in [2.75, 3.05) is 19.0 Å². The zero-order valence-electron chi connectivity index (χ0n) is 16.4. The smallest absolute Gasteiger partial charge is 0.344 e. The third kappa shape index (κ3) is 4.66. The summed E-state index contributed by atoms with van der Waals surface area (Å²) in [5.41, 5.74) is 3.00. The number of carbonyl (C=O) groups excluding carboxylic acids is 3. The first-order chi connectivity index (χ1) is 13.9. The van der Waals surface area contributed by atoms with E-state index in [1.165, 1.54) is 7.11 Å². The van der Waals surface area contributed by atoms with Crippen molar-refractivity contribution in [3.8, 4) is 5.75 Å². The highest BCUT2D eigenvalue weighted by Crippen LogP contribution is 2.23. The molecule has 1 heterocycles. The number of hydrazine groups is 1. The molecule has 1 aliphatic rings. The Morgan fingerprint density at radius 3 is 2.52 bits per heavy atom. The molecular weight excluding hydrogens is 372 g/mol. The van der Waals surface area contributed by atoms with Gasteiger partial charge in [-0.3, -0.25) is 15.0 Å². The summed E-state index contributed by atoms with van der Waals surface area (Å²) >= 11 is 0. The Kier molecular flexibility index (Phi) is 6.01. The van der Waals surface area contributed by atoms with Gasteiger partial charge in [0.2, 0.25) is 0 Å². The van der Waals surface area contributed by atoms with Crippen LogP contribution in [-0.4, -0.2) is 42.0 Å². The van der Waals surface area contributed by atoms with Gasteiger partial charge in [0.1, 0.15) is 11.3 Å². The van der Waals surface area contributed by atoms with Crippen LogP contribution in [0.2, 0.25) is 0 Å². The molecule has 8 nitrogen and oxygen atoms in total. The van der Waals surface area contributed by atoms with Gasteiger partial charge in [0.25, 0.3) is 11.8 Å². The van der Waals surface area contributed by atoms with E-state index in [4.69, 9.17) is 4.74 Å². The third-order valence-electron chi connectivity index (χ3n) is 4.80. The van der Waals surface area contributed by atoms with Crippen molar-refractivity contribution < 1.29 is 19.1 Å². The molecule has 29 heavy (non-hydrogen) atoms. The van der Waals surface area contributed by atoms with E-state index in [-0.39, 0.29) is 6.54 Å². The number of hydrogen-bond donors (Lipinski definition) is 3. The molecule has 0 aliphatic carbocycles. The highest BCUT2D eigenvalue weighted by Gasteiger charge is 2.48. The molecule has 3 N–H and O–H groups in total. The predicted molar refractivity (Wildman–Crippen MR) is 108 cm³/mol. The van der Waals surface area contributed by atoms with Crippen LogP contribution in [0.4, 0.5) is 10.5 Å². The second-order valence-electron chi connectivity index (χ2n) is 6.98. The van der Waals surface area contributed by atoms with Gasteiger partial charge in [-0.2, -0.15) is 5.01 Å². The SMILES string of the molecule is COc1ccccc1NCC(=O)NN1C(=O)N[C@@](C)(CCc2ccccc2)C1=O. The van der Waals surface area contributed by atoms with Crippen LogP contribution in [0.15, 0.2) is 54.6 Å². The first-order valence-electron chi connectivity index (χ1n) is 9.30. The fourth-order valence-electron chi connectivity index (χ4n) is 3.12. The van der Waals surface area contributed by atoms with Crippen LogP contribution in [0.3, 0.4) is 0 Å². The number of imide groups is 1. The second kappa shape index (κ2) is 8.64. The van der Waals surface area contributed by atoms with Crippen LogP contribution in [0.1, 0.15) is 18.9 Å². The van der Waals surface area contributed by atoms with Crippen LogP contribution in [0, 0.1) is 0 Å². The molecule has 4 amide bonds. The van der Waals surface area contributed by atoms with Crippen LogP contribution in [0.25, 0.3) is 0 Å². The minimum absolute atomic E-state index is 0.127. The highest BCUT2D eigenvalue weighted by atomic mass is 16.5. The fourth-order valence-corrected chi connectivity index (χ4v) is 3.12. The van der Waals surface area contributed by atoms with Crippen LogP contribution < -0.4 is 20.8 Å². The summed E-state index contributed by atoms with van der Waals surface area (Å²) in [6, 6.07) is 16.2. The summed E-state index contributed by atoms with van der Waals surface area (Å²) in [4.78, 5) is 37.3. The maximum atomic E-state index is 12.8.